The predicted octanol–water partition coefficient (Wildman–Crippen LogP) is 4.44. The highest BCUT2D eigenvalue weighted by atomic mass is 19.4. The average molecular weight is 525 g/mol. The molecule has 3 heterocycles. The Morgan fingerprint density at radius 1 is 1.13 bits per heavy atom. The number of nitriles is 1. The molecule has 4 aromatic rings. The lowest BCUT2D eigenvalue weighted by atomic mass is 10.1. The molecule has 0 bridgehead atoms. The third-order valence-electron chi connectivity index (χ3n) is 6.56. The van der Waals surface area contributed by atoms with Gasteiger partial charge in [0.1, 0.15) is 5.75 Å². The topological polar surface area (TPSA) is 100 Å². The number of carbonyl (C=O) groups is 1. The second-order valence-corrected chi connectivity index (χ2v) is 8.83. The third-order valence-corrected chi connectivity index (χ3v) is 6.56. The van der Waals surface area contributed by atoms with Crippen LogP contribution in [0.25, 0.3) is 22.4 Å². The predicted molar refractivity (Wildman–Crippen MR) is 131 cm³/mol. The lowest BCUT2D eigenvalue weighted by Gasteiger charge is -2.37. The Balaban J connectivity index is 1.30. The molecular formula is C26H23F3N6O3. The number of fused-ring (bicyclic) bond motifs is 1. The molecule has 0 radical (unpaired) electrons. The van der Waals surface area contributed by atoms with Crippen molar-refractivity contribution in [3.63, 3.8) is 0 Å². The number of piperazine rings is 1. The highest BCUT2D eigenvalue weighted by molar-refractivity contribution is 5.86. The van der Waals surface area contributed by atoms with E-state index in [-0.39, 0.29) is 11.0 Å². The van der Waals surface area contributed by atoms with E-state index < -0.39 is 23.7 Å². The van der Waals surface area contributed by atoms with Gasteiger partial charge in [0, 0.05) is 44.9 Å². The maximum absolute atomic E-state index is 13.3. The molecule has 5 rings (SSSR count). The van der Waals surface area contributed by atoms with Crippen LogP contribution in [0.1, 0.15) is 17.5 Å². The van der Waals surface area contributed by atoms with E-state index in [1.807, 2.05) is 24.3 Å². The molecule has 1 amide bonds. The Labute approximate surface area is 215 Å². The third kappa shape index (κ3) is 4.63. The van der Waals surface area contributed by atoms with Crippen molar-refractivity contribution < 1.29 is 27.1 Å². The highest BCUT2D eigenvalue weighted by Gasteiger charge is 2.33. The summed E-state index contributed by atoms with van der Waals surface area (Å²) in [5, 5.41) is 9.79. The normalized spacial score (nSPS) is 14.9. The van der Waals surface area contributed by atoms with Gasteiger partial charge in [-0.15, -0.1) is 0 Å². The smallest absolute Gasteiger partial charge is 0.416 e. The summed E-state index contributed by atoms with van der Waals surface area (Å²) >= 11 is 0. The minimum Gasteiger partial charge on any atom is -0.496 e. The van der Waals surface area contributed by atoms with E-state index >= 15 is 0 Å². The zero-order valence-corrected chi connectivity index (χ0v) is 20.6. The first-order valence-electron chi connectivity index (χ1n) is 11.8. The summed E-state index contributed by atoms with van der Waals surface area (Å²) in [5.41, 5.74) is 1.19. The van der Waals surface area contributed by atoms with Gasteiger partial charge in [0.2, 0.25) is 6.04 Å². The van der Waals surface area contributed by atoms with E-state index in [9.17, 15) is 23.2 Å². The molecule has 0 saturated carbocycles. The van der Waals surface area contributed by atoms with Crippen LogP contribution in [-0.2, 0) is 11.0 Å². The largest absolute Gasteiger partial charge is 0.496 e. The molecule has 196 valence electrons. The monoisotopic (exact) mass is 524 g/mol. The Morgan fingerprint density at radius 3 is 2.53 bits per heavy atom. The molecule has 1 aliphatic rings. The number of anilines is 1. The number of imidazole rings is 1. The van der Waals surface area contributed by atoms with Gasteiger partial charge in [-0.2, -0.15) is 18.4 Å². The summed E-state index contributed by atoms with van der Waals surface area (Å²) in [6.07, 6.45) is -1.64. The van der Waals surface area contributed by atoms with Crippen LogP contribution in [0.5, 0.6) is 5.75 Å². The van der Waals surface area contributed by atoms with Crippen molar-refractivity contribution >= 4 is 22.6 Å². The van der Waals surface area contributed by atoms with Crippen molar-refractivity contribution in [3.05, 3.63) is 60.4 Å². The molecule has 0 N–H and O–H groups in total. The number of aryl methyl sites for hydroxylation is 1. The molecule has 12 heteroatoms. The lowest BCUT2D eigenvalue weighted by Crippen LogP contribution is -2.50. The molecule has 2 aromatic carbocycles. The van der Waals surface area contributed by atoms with E-state index in [1.165, 1.54) is 17.0 Å². The number of carbonyl (C=O) groups excluding carboxylic acids is 1. The molecule has 1 aliphatic heterocycles. The average Bonchev–Trinajstić information content (AvgIpc) is 3.54. The summed E-state index contributed by atoms with van der Waals surface area (Å²) in [6.45, 7) is 3.54. The van der Waals surface area contributed by atoms with Crippen molar-refractivity contribution in [1.82, 2.24) is 19.4 Å². The zero-order chi connectivity index (χ0) is 27.0. The Hall–Kier alpha value is -4.53. The molecule has 2 aromatic heterocycles. The molecule has 0 aliphatic carbocycles. The van der Waals surface area contributed by atoms with Gasteiger partial charge in [0.05, 0.1) is 47.9 Å². The SMILES string of the molecule is COc1cc(N2CCN(C(=O)C(C#N)n3cnc4cc(C(F)(F)F)ccc43)CC2)ccc1-c1cnc(C)o1. The first kappa shape index (κ1) is 25.1. The van der Waals surface area contributed by atoms with Crippen LogP contribution in [0.2, 0.25) is 0 Å². The molecule has 1 atom stereocenters. The Morgan fingerprint density at radius 2 is 1.89 bits per heavy atom. The van der Waals surface area contributed by atoms with E-state index in [2.05, 4.69) is 14.9 Å². The molecular weight excluding hydrogens is 501 g/mol. The summed E-state index contributed by atoms with van der Waals surface area (Å²) < 4.78 is 51.6. The minimum atomic E-state index is -4.51. The quantitative estimate of drug-likeness (QED) is 0.381. The Bertz CT molecular complexity index is 1530. The number of hydrogen-bond donors (Lipinski definition) is 0. The van der Waals surface area contributed by atoms with E-state index in [0.29, 0.717) is 43.6 Å². The fourth-order valence-electron chi connectivity index (χ4n) is 4.57. The van der Waals surface area contributed by atoms with Crippen LogP contribution >= 0.6 is 0 Å². The van der Waals surface area contributed by atoms with Crippen LogP contribution in [0.15, 0.2) is 53.3 Å². The van der Waals surface area contributed by atoms with Gasteiger partial charge in [-0.25, -0.2) is 9.97 Å². The summed E-state index contributed by atoms with van der Waals surface area (Å²) in [5.74, 6) is 1.35. The number of ether oxygens (including phenoxy) is 1. The van der Waals surface area contributed by atoms with Gasteiger partial charge in [-0.3, -0.25) is 4.79 Å². The molecule has 1 saturated heterocycles. The van der Waals surface area contributed by atoms with Gasteiger partial charge in [-0.05, 0) is 30.3 Å². The van der Waals surface area contributed by atoms with Gasteiger partial charge >= 0.3 is 6.18 Å². The van der Waals surface area contributed by atoms with Crippen LogP contribution in [-0.4, -0.2) is 58.6 Å². The van der Waals surface area contributed by atoms with Crippen molar-refractivity contribution in [2.75, 3.05) is 38.2 Å². The first-order valence-corrected chi connectivity index (χ1v) is 11.8. The van der Waals surface area contributed by atoms with Crippen molar-refractivity contribution in [2.24, 2.45) is 0 Å². The number of halogens is 3. The molecule has 1 fully saturated rings. The van der Waals surface area contributed by atoms with E-state index in [4.69, 9.17) is 9.15 Å². The van der Waals surface area contributed by atoms with Gasteiger partial charge in [0.15, 0.2) is 11.7 Å². The van der Waals surface area contributed by atoms with Crippen molar-refractivity contribution in [2.45, 2.75) is 19.1 Å². The summed E-state index contributed by atoms with van der Waals surface area (Å²) in [4.78, 5) is 25.1. The van der Waals surface area contributed by atoms with Gasteiger partial charge < -0.3 is 23.5 Å². The second kappa shape index (κ2) is 9.74. The number of nitrogens with zero attached hydrogens (tertiary/aromatic N) is 6. The number of oxazole rings is 1. The summed E-state index contributed by atoms with van der Waals surface area (Å²) in [6, 6.07) is 9.54. The fraction of sp³-hybridized carbons (Fsp3) is 0.308. The number of aromatic nitrogens is 3. The number of methoxy groups -OCH3 is 1. The Kier molecular flexibility index (Phi) is 6.44. The highest BCUT2D eigenvalue weighted by Crippen LogP contribution is 2.35. The van der Waals surface area contributed by atoms with E-state index in [1.54, 1.807) is 25.1 Å². The molecule has 9 nitrogen and oxygen atoms in total. The lowest BCUT2D eigenvalue weighted by molar-refractivity contribution is -0.137. The molecule has 38 heavy (non-hydrogen) atoms. The van der Waals surface area contributed by atoms with E-state index in [0.717, 1.165) is 23.4 Å². The number of benzene rings is 2. The minimum absolute atomic E-state index is 0.0654. The fourth-order valence-corrected chi connectivity index (χ4v) is 4.57. The van der Waals surface area contributed by atoms with Crippen molar-refractivity contribution in [3.8, 4) is 23.1 Å². The van der Waals surface area contributed by atoms with Crippen molar-refractivity contribution in [1.29, 1.82) is 5.26 Å². The van der Waals surface area contributed by atoms with Gasteiger partial charge in [-0.1, -0.05) is 0 Å². The standard InChI is InChI=1S/C26H23F3N6O3/c1-16-31-14-24(38-16)19-5-4-18(12-23(19)37-2)33-7-9-34(10-8-33)25(36)22(13-30)35-15-32-20-11-17(26(27,28)29)3-6-21(20)35/h3-6,11-12,14-15,22H,7-10H2,1-2H3. The molecule has 1 unspecified atom stereocenters. The maximum Gasteiger partial charge on any atom is 0.416 e. The van der Waals surface area contributed by atoms with Gasteiger partial charge in [0.25, 0.3) is 5.91 Å². The number of hydrogen-bond acceptors (Lipinski definition) is 7. The zero-order valence-electron chi connectivity index (χ0n) is 20.6. The maximum atomic E-state index is 13.3. The van der Waals surface area contributed by atoms with Crippen LogP contribution in [0.3, 0.4) is 0 Å². The van der Waals surface area contributed by atoms with Crippen LogP contribution < -0.4 is 9.64 Å². The number of rotatable bonds is 5. The number of amides is 1. The first-order chi connectivity index (χ1) is 18.2. The molecule has 0 spiro atoms. The number of alkyl halides is 3. The van der Waals surface area contributed by atoms with Crippen LogP contribution in [0.4, 0.5) is 18.9 Å². The summed E-state index contributed by atoms with van der Waals surface area (Å²) in [7, 11) is 1.58. The van der Waals surface area contributed by atoms with Crippen LogP contribution in [0, 0.1) is 18.3 Å². The second-order valence-electron chi connectivity index (χ2n) is 8.83.